The third kappa shape index (κ3) is 4.20. The number of amides is 1. The van der Waals surface area contributed by atoms with Gasteiger partial charge in [-0.3, -0.25) is 9.78 Å². The number of benzene rings is 1. The van der Waals surface area contributed by atoms with Crippen LogP contribution in [0.15, 0.2) is 36.7 Å². The van der Waals surface area contributed by atoms with Crippen molar-refractivity contribution in [3.63, 3.8) is 0 Å². The highest BCUT2D eigenvalue weighted by Gasteiger charge is 2.08. The number of hydrogen-bond donors (Lipinski definition) is 2. The van der Waals surface area contributed by atoms with E-state index in [2.05, 4.69) is 22.1 Å². The van der Waals surface area contributed by atoms with Gasteiger partial charge in [-0.25, -0.2) is 0 Å². The van der Waals surface area contributed by atoms with Gasteiger partial charge >= 0.3 is 0 Å². The Bertz CT molecular complexity index is 735. The number of nitrogens with two attached hydrogens (primary N) is 1. The van der Waals surface area contributed by atoms with Gasteiger partial charge in [0.1, 0.15) is 0 Å². The summed E-state index contributed by atoms with van der Waals surface area (Å²) in [5, 5.41) is 3.51. The average molecular weight is 320 g/mol. The van der Waals surface area contributed by atoms with E-state index in [-0.39, 0.29) is 12.5 Å². The van der Waals surface area contributed by atoms with E-state index in [9.17, 15) is 4.79 Å². The summed E-state index contributed by atoms with van der Waals surface area (Å²) >= 11 is 11.7. The number of carbonyl (C=O) groups excluding carboxylic acids is 1. The zero-order valence-electron chi connectivity index (χ0n) is 10.9. The lowest BCUT2D eigenvalue weighted by Crippen LogP contribution is -2.12. The summed E-state index contributed by atoms with van der Waals surface area (Å²) in [6, 6.07) is 6.49. The lowest BCUT2D eigenvalue weighted by Gasteiger charge is -2.06. The van der Waals surface area contributed by atoms with Gasteiger partial charge in [-0.05, 0) is 24.3 Å². The van der Waals surface area contributed by atoms with Gasteiger partial charge in [0.05, 0.1) is 22.2 Å². The Labute approximate surface area is 132 Å². The van der Waals surface area contributed by atoms with Gasteiger partial charge in [0.25, 0.3) is 5.91 Å². The van der Waals surface area contributed by atoms with Crippen LogP contribution in [0.4, 0.5) is 5.69 Å². The molecule has 2 rings (SSSR count). The van der Waals surface area contributed by atoms with Crippen molar-refractivity contribution in [1.29, 1.82) is 0 Å². The average Bonchev–Trinajstić information content (AvgIpc) is 2.49. The first-order valence-corrected chi connectivity index (χ1v) is 6.76. The normalized spacial score (nSPS) is 9.67. The lowest BCUT2D eigenvalue weighted by atomic mass is 10.2. The summed E-state index contributed by atoms with van der Waals surface area (Å²) in [4.78, 5) is 16.1. The quantitative estimate of drug-likeness (QED) is 0.836. The number of rotatable bonds is 2. The van der Waals surface area contributed by atoms with Crippen molar-refractivity contribution in [2.45, 2.75) is 0 Å². The molecule has 4 nitrogen and oxygen atoms in total. The molecule has 0 bridgehead atoms. The van der Waals surface area contributed by atoms with Gasteiger partial charge < -0.3 is 11.1 Å². The molecule has 0 spiro atoms. The maximum absolute atomic E-state index is 12.1. The lowest BCUT2D eigenvalue weighted by molar-refractivity contribution is 0.102. The van der Waals surface area contributed by atoms with E-state index in [1.54, 1.807) is 30.5 Å². The summed E-state index contributed by atoms with van der Waals surface area (Å²) in [5.74, 6) is 5.22. The van der Waals surface area contributed by atoms with Crippen molar-refractivity contribution in [3.8, 4) is 11.8 Å². The van der Waals surface area contributed by atoms with Crippen molar-refractivity contribution in [1.82, 2.24) is 4.98 Å². The Hall–Kier alpha value is -2.06. The number of anilines is 1. The number of hydrogen-bond acceptors (Lipinski definition) is 3. The Kier molecular flexibility index (Phi) is 5.18. The molecule has 0 saturated heterocycles. The molecule has 3 N–H and O–H groups in total. The Morgan fingerprint density at radius 2 is 2.05 bits per heavy atom. The van der Waals surface area contributed by atoms with E-state index in [0.29, 0.717) is 26.9 Å². The predicted octanol–water partition coefficient (Wildman–Crippen LogP) is 2.95. The molecule has 1 amide bonds. The van der Waals surface area contributed by atoms with Crippen molar-refractivity contribution >= 4 is 34.8 Å². The molecule has 21 heavy (non-hydrogen) atoms. The minimum atomic E-state index is -0.308. The molecule has 0 aliphatic carbocycles. The van der Waals surface area contributed by atoms with E-state index in [1.165, 1.54) is 6.20 Å². The summed E-state index contributed by atoms with van der Waals surface area (Å²) in [6.07, 6.45) is 3.03. The SMILES string of the molecule is NCC#Cc1cncc(C(=O)Nc2ccc(Cl)c(Cl)c2)c1. The van der Waals surface area contributed by atoms with E-state index in [4.69, 9.17) is 28.9 Å². The third-order valence-electron chi connectivity index (χ3n) is 2.51. The van der Waals surface area contributed by atoms with E-state index in [1.807, 2.05) is 0 Å². The van der Waals surface area contributed by atoms with Crippen LogP contribution in [0.3, 0.4) is 0 Å². The summed E-state index contributed by atoms with van der Waals surface area (Å²) < 4.78 is 0. The summed E-state index contributed by atoms with van der Waals surface area (Å²) in [5.41, 5.74) is 6.88. The molecule has 2 aromatic rings. The molecule has 0 unspecified atom stereocenters. The number of halogens is 2. The molecule has 0 saturated carbocycles. The van der Waals surface area contributed by atoms with Gasteiger partial charge in [0.15, 0.2) is 0 Å². The van der Waals surface area contributed by atoms with Crippen molar-refractivity contribution in [3.05, 3.63) is 57.8 Å². The summed E-state index contributed by atoms with van der Waals surface area (Å²) in [7, 11) is 0. The Balaban J connectivity index is 2.18. The predicted molar refractivity (Wildman–Crippen MR) is 84.6 cm³/mol. The van der Waals surface area contributed by atoms with E-state index >= 15 is 0 Å². The molecule has 0 radical (unpaired) electrons. The van der Waals surface area contributed by atoms with Gasteiger partial charge in [0.2, 0.25) is 0 Å². The molecule has 1 heterocycles. The third-order valence-corrected chi connectivity index (χ3v) is 3.25. The second kappa shape index (κ2) is 7.09. The van der Waals surface area contributed by atoms with Crippen LogP contribution in [-0.4, -0.2) is 17.4 Å². The molecule has 0 aliphatic heterocycles. The van der Waals surface area contributed by atoms with E-state index < -0.39 is 0 Å². The molecule has 0 atom stereocenters. The first kappa shape index (κ1) is 15.3. The molecule has 1 aromatic carbocycles. The molecule has 106 valence electrons. The largest absolute Gasteiger partial charge is 0.322 e. The van der Waals surface area contributed by atoms with Crippen LogP contribution in [0.1, 0.15) is 15.9 Å². The minimum Gasteiger partial charge on any atom is -0.322 e. The standard InChI is InChI=1S/C15H11Cl2N3O/c16-13-4-3-12(7-14(13)17)20-15(21)11-6-10(2-1-5-18)8-19-9-11/h3-4,6-9H,5,18H2,(H,20,21). The van der Waals surface area contributed by atoms with Gasteiger partial charge in [-0.2, -0.15) is 0 Å². The number of nitrogens with one attached hydrogen (secondary N) is 1. The topological polar surface area (TPSA) is 68.0 Å². The fourth-order valence-electron chi connectivity index (χ4n) is 1.56. The highest BCUT2D eigenvalue weighted by molar-refractivity contribution is 6.42. The van der Waals surface area contributed by atoms with Crippen LogP contribution in [0.5, 0.6) is 0 Å². The molecular formula is C15H11Cl2N3O. The second-order valence-electron chi connectivity index (χ2n) is 4.05. The van der Waals surface area contributed by atoms with Crippen LogP contribution in [0, 0.1) is 11.8 Å². The first-order chi connectivity index (χ1) is 10.1. The zero-order valence-corrected chi connectivity index (χ0v) is 12.4. The second-order valence-corrected chi connectivity index (χ2v) is 4.87. The highest BCUT2D eigenvalue weighted by atomic mass is 35.5. The van der Waals surface area contributed by atoms with Crippen molar-refractivity contribution in [2.24, 2.45) is 5.73 Å². The number of nitrogens with zero attached hydrogens (tertiary/aromatic N) is 1. The van der Waals surface area contributed by atoms with Crippen LogP contribution in [0.25, 0.3) is 0 Å². The first-order valence-electron chi connectivity index (χ1n) is 6.00. The zero-order chi connectivity index (χ0) is 15.2. The highest BCUT2D eigenvalue weighted by Crippen LogP contribution is 2.25. The summed E-state index contributed by atoms with van der Waals surface area (Å²) in [6.45, 7) is 0.250. The van der Waals surface area contributed by atoms with Gasteiger partial charge in [-0.1, -0.05) is 35.0 Å². The van der Waals surface area contributed by atoms with Crippen molar-refractivity contribution in [2.75, 3.05) is 11.9 Å². The molecular weight excluding hydrogens is 309 g/mol. The van der Waals surface area contributed by atoms with Gasteiger partial charge in [-0.15, -0.1) is 0 Å². The van der Waals surface area contributed by atoms with Crippen molar-refractivity contribution < 1.29 is 4.79 Å². The van der Waals surface area contributed by atoms with Gasteiger partial charge in [0, 0.05) is 23.6 Å². The molecule has 0 fully saturated rings. The fraction of sp³-hybridized carbons (Fsp3) is 0.0667. The minimum absolute atomic E-state index is 0.250. The molecule has 1 aromatic heterocycles. The smallest absolute Gasteiger partial charge is 0.257 e. The Morgan fingerprint density at radius 1 is 1.24 bits per heavy atom. The fourth-order valence-corrected chi connectivity index (χ4v) is 1.86. The maximum atomic E-state index is 12.1. The number of carbonyl (C=O) groups is 1. The monoisotopic (exact) mass is 319 g/mol. The van der Waals surface area contributed by atoms with Crippen LogP contribution in [0.2, 0.25) is 10.0 Å². The molecule has 6 heteroatoms. The Morgan fingerprint density at radius 3 is 2.76 bits per heavy atom. The van der Waals surface area contributed by atoms with Crippen LogP contribution >= 0.6 is 23.2 Å². The van der Waals surface area contributed by atoms with Crippen LogP contribution in [-0.2, 0) is 0 Å². The van der Waals surface area contributed by atoms with E-state index in [0.717, 1.165) is 0 Å². The molecule has 0 aliphatic rings. The number of pyridine rings is 1. The number of aromatic nitrogens is 1. The maximum Gasteiger partial charge on any atom is 0.257 e. The van der Waals surface area contributed by atoms with Crippen LogP contribution < -0.4 is 11.1 Å².